The number of unbranched alkanes of at least 4 members (excludes halogenated alkanes) is 22. The predicted molar refractivity (Wildman–Crippen MR) is 151 cm³/mol. The minimum Gasteiger partial charge on any atom is -0.726 e. The fourth-order valence-corrected chi connectivity index (χ4v) is 5.40. The molecule has 6 heteroatoms. The molecule has 0 N–H and O–H groups in total. The van der Waals surface area contributed by atoms with E-state index in [0.29, 0.717) is 0 Å². The summed E-state index contributed by atoms with van der Waals surface area (Å²) in [5.74, 6) is 0.199. The smallest absolute Gasteiger partial charge is 0.726 e. The Hall–Kier alpha value is 1.51. The number of rotatable bonds is 29. The van der Waals surface area contributed by atoms with Crippen LogP contribution in [0.15, 0.2) is 0 Å². The first-order valence-corrected chi connectivity index (χ1v) is 16.9. The number of hydrogen-bond acceptors (Lipinski definition) is 4. The molecule has 212 valence electrons. The van der Waals surface area contributed by atoms with Gasteiger partial charge in [-0.1, -0.05) is 168 Å². The van der Waals surface area contributed by atoms with Gasteiger partial charge in [0.15, 0.2) is 0 Å². The van der Waals surface area contributed by atoms with E-state index in [1.54, 1.807) is 0 Å². The Balaban J connectivity index is 0. The van der Waals surface area contributed by atoms with Crippen LogP contribution in [-0.2, 0) is 14.6 Å². The third kappa shape index (κ3) is 33.5. The van der Waals surface area contributed by atoms with E-state index in [-0.39, 0.29) is 63.9 Å². The Morgan fingerprint density at radius 2 is 0.750 bits per heavy atom. The van der Waals surface area contributed by atoms with Crippen molar-refractivity contribution < 1.29 is 68.5 Å². The summed E-state index contributed by atoms with van der Waals surface area (Å²) in [6.45, 7) is 4.60. The summed E-state index contributed by atoms with van der Waals surface area (Å²) in [7, 11) is -4.58. The van der Waals surface area contributed by atoms with E-state index < -0.39 is 10.4 Å². The first kappa shape index (κ1) is 39.6. The van der Waals surface area contributed by atoms with Crippen molar-refractivity contribution in [3.8, 4) is 0 Å². The Bertz CT molecular complexity index is 513. The second-order valence-electron chi connectivity index (χ2n) is 10.9. The maximum atomic E-state index is 10.9. The van der Waals surface area contributed by atoms with E-state index >= 15 is 0 Å². The summed E-state index contributed by atoms with van der Waals surface area (Å²) in [5, 5.41) is 0. The van der Waals surface area contributed by atoms with E-state index in [9.17, 15) is 13.0 Å². The fraction of sp³-hybridized carbons (Fsp3) is 1.00. The fourth-order valence-electron chi connectivity index (χ4n) is 5.04. The third-order valence-electron chi connectivity index (χ3n) is 7.38. The molecule has 0 bridgehead atoms. The normalized spacial score (nSPS) is 12.5. The second-order valence-corrected chi connectivity index (χ2v) is 12.0. The van der Waals surface area contributed by atoms with Crippen LogP contribution in [0.5, 0.6) is 0 Å². The first-order valence-electron chi connectivity index (χ1n) is 15.6. The molecule has 0 fully saturated rings. The topological polar surface area (TPSA) is 66.4 Å². The molecule has 0 aliphatic carbocycles. The van der Waals surface area contributed by atoms with Crippen LogP contribution in [0.4, 0.5) is 0 Å². The maximum Gasteiger partial charge on any atom is 1.00 e. The van der Waals surface area contributed by atoms with Gasteiger partial charge in [0.05, 0.1) is 6.61 Å². The zero-order valence-corrected chi connectivity index (χ0v) is 28.7. The van der Waals surface area contributed by atoms with Gasteiger partial charge in [-0.2, -0.15) is 0 Å². The van der Waals surface area contributed by atoms with Crippen molar-refractivity contribution in [2.24, 2.45) is 5.92 Å². The van der Waals surface area contributed by atoms with E-state index in [2.05, 4.69) is 18.0 Å². The average molecular weight is 557 g/mol. The molecule has 0 heterocycles. The van der Waals surface area contributed by atoms with Crippen molar-refractivity contribution in [2.75, 3.05) is 6.61 Å². The van der Waals surface area contributed by atoms with Crippen molar-refractivity contribution in [3.63, 3.8) is 0 Å². The Kier molecular flexibility index (Phi) is 34.2. The maximum absolute atomic E-state index is 10.9. The minimum atomic E-state index is -4.58. The SMILES string of the molecule is CCCCCCCCCCCCCCCCC(CCCCCCCCCCCC)COS(=O)(=O)[O-].[K+]. The van der Waals surface area contributed by atoms with Gasteiger partial charge in [-0.15, -0.1) is 0 Å². The van der Waals surface area contributed by atoms with Gasteiger partial charge in [0, 0.05) is 0 Å². The minimum absolute atomic E-state index is 0. The van der Waals surface area contributed by atoms with Gasteiger partial charge < -0.3 is 4.55 Å². The summed E-state index contributed by atoms with van der Waals surface area (Å²) in [6.07, 6.45) is 33.7. The summed E-state index contributed by atoms with van der Waals surface area (Å²) in [5.41, 5.74) is 0. The molecule has 1 unspecified atom stereocenters. The molecule has 0 aromatic carbocycles. The molecule has 0 aromatic heterocycles. The van der Waals surface area contributed by atoms with Gasteiger partial charge in [-0.05, 0) is 18.8 Å². The Morgan fingerprint density at radius 3 is 1.00 bits per heavy atom. The molecule has 0 aromatic rings. The molecule has 0 amide bonds. The molecular formula is C30H61KO4S. The van der Waals surface area contributed by atoms with Gasteiger partial charge in [-0.3, -0.25) is 4.18 Å². The number of hydrogen-bond donors (Lipinski definition) is 0. The van der Waals surface area contributed by atoms with Gasteiger partial charge in [0.1, 0.15) is 0 Å². The summed E-state index contributed by atoms with van der Waals surface area (Å²) in [6, 6.07) is 0. The van der Waals surface area contributed by atoms with Crippen molar-refractivity contribution in [1.82, 2.24) is 0 Å². The molecule has 0 aliphatic rings. The van der Waals surface area contributed by atoms with Crippen LogP contribution in [-0.4, -0.2) is 19.6 Å². The molecule has 1 atom stereocenters. The van der Waals surface area contributed by atoms with Gasteiger partial charge in [0.2, 0.25) is 10.4 Å². The van der Waals surface area contributed by atoms with Crippen molar-refractivity contribution >= 4 is 10.4 Å². The molecule has 0 spiro atoms. The molecule has 36 heavy (non-hydrogen) atoms. The van der Waals surface area contributed by atoms with Crippen LogP contribution in [0.1, 0.15) is 181 Å². The van der Waals surface area contributed by atoms with Gasteiger partial charge in [-0.25, -0.2) is 8.42 Å². The zero-order valence-electron chi connectivity index (χ0n) is 24.7. The van der Waals surface area contributed by atoms with Crippen LogP contribution >= 0.6 is 0 Å². The average Bonchev–Trinajstić information content (AvgIpc) is 2.82. The van der Waals surface area contributed by atoms with E-state index in [1.165, 1.54) is 141 Å². The summed E-state index contributed by atoms with van der Waals surface area (Å²) >= 11 is 0. The van der Waals surface area contributed by atoms with Crippen LogP contribution in [0.3, 0.4) is 0 Å². The standard InChI is InChI=1S/C30H62O4S.K/c1-3-5-7-9-11-13-15-16-17-18-20-22-24-26-28-30(29-34-35(31,32)33)27-25-23-21-19-14-12-10-8-6-4-2;/h30H,3-29H2,1-2H3,(H,31,32,33);/q;+1/p-1. The van der Waals surface area contributed by atoms with Crippen molar-refractivity contribution in [2.45, 2.75) is 181 Å². The monoisotopic (exact) mass is 556 g/mol. The second kappa shape index (κ2) is 31.0. The molecular weight excluding hydrogens is 495 g/mol. The summed E-state index contributed by atoms with van der Waals surface area (Å²) in [4.78, 5) is 0. The Labute approximate surface area is 269 Å². The summed E-state index contributed by atoms with van der Waals surface area (Å²) < 4.78 is 37.3. The molecule has 0 radical (unpaired) electrons. The molecule has 0 rings (SSSR count). The molecule has 0 saturated heterocycles. The van der Waals surface area contributed by atoms with Gasteiger partial charge >= 0.3 is 51.4 Å². The van der Waals surface area contributed by atoms with E-state index in [0.717, 1.165) is 25.7 Å². The predicted octanol–water partition coefficient (Wildman–Crippen LogP) is 7.27. The van der Waals surface area contributed by atoms with E-state index in [4.69, 9.17) is 0 Å². The van der Waals surface area contributed by atoms with Crippen LogP contribution in [0.2, 0.25) is 0 Å². The zero-order chi connectivity index (χ0) is 25.9. The van der Waals surface area contributed by atoms with Crippen LogP contribution < -0.4 is 51.4 Å². The quantitative estimate of drug-likeness (QED) is 0.0421. The molecule has 4 nitrogen and oxygen atoms in total. The van der Waals surface area contributed by atoms with Gasteiger partial charge in [0.25, 0.3) is 0 Å². The van der Waals surface area contributed by atoms with Crippen molar-refractivity contribution in [3.05, 3.63) is 0 Å². The molecule has 0 saturated carbocycles. The van der Waals surface area contributed by atoms with Crippen LogP contribution in [0, 0.1) is 5.92 Å². The van der Waals surface area contributed by atoms with Crippen molar-refractivity contribution in [1.29, 1.82) is 0 Å². The first-order chi connectivity index (χ1) is 17.0. The Morgan fingerprint density at radius 1 is 0.500 bits per heavy atom. The van der Waals surface area contributed by atoms with Crippen LogP contribution in [0.25, 0.3) is 0 Å². The largest absolute Gasteiger partial charge is 1.00 e. The molecule has 0 aliphatic heterocycles. The third-order valence-corrected chi connectivity index (χ3v) is 7.80. The van der Waals surface area contributed by atoms with E-state index in [1.807, 2.05) is 0 Å².